The predicted octanol–water partition coefficient (Wildman–Crippen LogP) is 2.67. The van der Waals surface area contributed by atoms with Crippen LogP contribution in [0, 0.1) is 11.3 Å². The van der Waals surface area contributed by atoms with Crippen LogP contribution in [0.2, 0.25) is 5.02 Å². The first-order valence-corrected chi connectivity index (χ1v) is 9.72. The maximum absolute atomic E-state index is 12.3. The zero-order valence-corrected chi connectivity index (χ0v) is 16.5. The standard InChI is InChI=1S/C18H15ClN6O3S/c19-13-8-12(4-3-11(13)9-20)22-16(27)10-29-18-24-23-17(14-2-1-7-28-14)25(18)6-5-15(21)26/h1-4,7-8H,5-6,10H2,(H2,21,26)(H,22,27). The van der Waals surface area contributed by atoms with E-state index in [0.717, 1.165) is 11.8 Å². The lowest BCUT2D eigenvalue weighted by Crippen LogP contribution is -2.16. The highest BCUT2D eigenvalue weighted by molar-refractivity contribution is 7.99. The molecule has 0 atom stereocenters. The van der Waals surface area contributed by atoms with Crippen LogP contribution in [-0.2, 0) is 16.1 Å². The first kappa shape index (κ1) is 20.4. The van der Waals surface area contributed by atoms with E-state index < -0.39 is 5.91 Å². The van der Waals surface area contributed by atoms with E-state index in [4.69, 9.17) is 27.0 Å². The number of thioether (sulfide) groups is 1. The number of nitrogens with one attached hydrogen (secondary N) is 1. The number of nitriles is 1. The van der Waals surface area contributed by atoms with Crippen molar-refractivity contribution in [1.82, 2.24) is 14.8 Å². The molecule has 0 unspecified atom stereocenters. The minimum atomic E-state index is -0.463. The van der Waals surface area contributed by atoms with Gasteiger partial charge in [0.2, 0.25) is 11.8 Å². The number of hydrogen-bond donors (Lipinski definition) is 2. The van der Waals surface area contributed by atoms with Crippen molar-refractivity contribution in [1.29, 1.82) is 5.26 Å². The zero-order valence-electron chi connectivity index (χ0n) is 15.0. The van der Waals surface area contributed by atoms with E-state index in [0.29, 0.717) is 28.0 Å². The Balaban J connectivity index is 1.69. The predicted molar refractivity (Wildman–Crippen MR) is 107 cm³/mol. The average molecular weight is 431 g/mol. The molecule has 2 amide bonds. The fourth-order valence-electron chi connectivity index (χ4n) is 2.42. The molecule has 0 bridgehead atoms. The molecule has 2 aromatic heterocycles. The number of nitrogens with two attached hydrogens (primary N) is 1. The van der Waals surface area contributed by atoms with Crippen molar-refractivity contribution in [3.8, 4) is 17.7 Å². The second kappa shape index (κ2) is 9.27. The molecular formula is C18H15ClN6O3S. The van der Waals surface area contributed by atoms with Gasteiger partial charge in [0.15, 0.2) is 16.7 Å². The number of aromatic nitrogens is 3. The molecule has 0 spiro atoms. The molecule has 0 saturated carbocycles. The summed E-state index contributed by atoms with van der Waals surface area (Å²) in [4.78, 5) is 23.5. The minimum Gasteiger partial charge on any atom is -0.461 e. The lowest BCUT2D eigenvalue weighted by molar-refractivity contribution is -0.118. The van der Waals surface area contributed by atoms with Crippen LogP contribution in [0.25, 0.3) is 11.6 Å². The van der Waals surface area contributed by atoms with E-state index in [9.17, 15) is 9.59 Å². The van der Waals surface area contributed by atoms with Crippen molar-refractivity contribution < 1.29 is 14.0 Å². The summed E-state index contributed by atoms with van der Waals surface area (Å²) in [6, 6.07) is 10.0. The average Bonchev–Trinajstić information content (AvgIpc) is 3.34. The smallest absolute Gasteiger partial charge is 0.234 e. The van der Waals surface area contributed by atoms with Gasteiger partial charge in [0.25, 0.3) is 0 Å². The fraction of sp³-hybridized carbons (Fsp3) is 0.167. The molecule has 3 rings (SSSR count). The number of anilines is 1. The zero-order chi connectivity index (χ0) is 20.8. The summed E-state index contributed by atoms with van der Waals surface area (Å²) >= 11 is 7.13. The first-order valence-electron chi connectivity index (χ1n) is 8.35. The number of halogens is 1. The largest absolute Gasteiger partial charge is 0.461 e. The molecule has 148 valence electrons. The quantitative estimate of drug-likeness (QED) is 0.523. The van der Waals surface area contributed by atoms with Gasteiger partial charge in [0, 0.05) is 18.7 Å². The van der Waals surface area contributed by atoms with Gasteiger partial charge in [0.05, 0.1) is 22.6 Å². The second-order valence-electron chi connectivity index (χ2n) is 5.79. The van der Waals surface area contributed by atoms with E-state index in [1.165, 1.54) is 18.4 Å². The monoisotopic (exact) mass is 430 g/mol. The number of amides is 2. The molecule has 0 radical (unpaired) electrons. The van der Waals surface area contributed by atoms with Crippen LogP contribution >= 0.6 is 23.4 Å². The Morgan fingerprint density at radius 2 is 2.17 bits per heavy atom. The van der Waals surface area contributed by atoms with Crippen molar-refractivity contribution in [2.24, 2.45) is 5.73 Å². The van der Waals surface area contributed by atoms with Crippen LogP contribution < -0.4 is 11.1 Å². The third-order valence-corrected chi connectivity index (χ3v) is 5.03. The Morgan fingerprint density at radius 3 is 2.83 bits per heavy atom. The van der Waals surface area contributed by atoms with Gasteiger partial charge in [-0.15, -0.1) is 10.2 Å². The van der Waals surface area contributed by atoms with Gasteiger partial charge in [-0.3, -0.25) is 14.2 Å². The van der Waals surface area contributed by atoms with Gasteiger partial charge in [-0.2, -0.15) is 5.26 Å². The maximum atomic E-state index is 12.3. The van der Waals surface area contributed by atoms with Crippen molar-refractivity contribution in [2.75, 3.05) is 11.1 Å². The number of nitrogens with zero attached hydrogens (tertiary/aromatic N) is 4. The summed E-state index contributed by atoms with van der Waals surface area (Å²) in [5, 5.41) is 20.5. The molecule has 29 heavy (non-hydrogen) atoms. The molecule has 0 saturated heterocycles. The molecule has 0 aliphatic heterocycles. The van der Waals surface area contributed by atoms with Gasteiger partial charge in [0.1, 0.15) is 6.07 Å². The van der Waals surface area contributed by atoms with Gasteiger partial charge >= 0.3 is 0 Å². The lowest BCUT2D eigenvalue weighted by Gasteiger charge is -2.08. The van der Waals surface area contributed by atoms with Crippen LogP contribution in [0.1, 0.15) is 12.0 Å². The van der Waals surface area contributed by atoms with Gasteiger partial charge in [-0.1, -0.05) is 23.4 Å². The number of benzene rings is 1. The number of carbonyl (C=O) groups excluding carboxylic acids is 2. The summed E-state index contributed by atoms with van der Waals surface area (Å²) in [6.45, 7) is 0.257. The molecule has 9 nitrogen and oxygen atoms in total. The van der Waals surface area contributed by atoms with E-state index >= 15 is 0 Å². The van der Waals surface area contributed by atoms with E-state index in [1.807, 2.05) is 6.07 Å². The highest BCUT2D eigenvalue weighted by Gasteiger charge is 2.18. The molecule has 0 aliphatic carbocycles. The molecule has 0 fully saturated rings. The van der Waals surface area contributed by atoms with Crippen LogP contribution in [0.5, 0.6) is 0 Å². The molecule has 11 heteroatoms. The summed E-state index contributed by atoms with van der Waals surface area (Å²) in [6.07, 6.45) is 1.60. The summed E-state index contributed by atoms with van der Waals surface area (Å²) < 4.78 is 7.03. The topological polar surface area (TPSA) is 140 Å². The Kier molecular flexibility index (Phi) is 6.54. The summed E-state index contributed by atoms with van der Waals surface area (Å²) in [5.41, 5.74) is 6.05. The third kappa shape index (κ3) is 5.16. The van der Waals surface area contributed by atoms with Crippen LogP contribution in [0.3, 0.4) is 0 Å². The number of hydrogen-bond acceptors (Lipinski definition) is 7. The van der Waals surface area contributed by atoms with Crippen molar-refractivity contribution in [2.45, 2.75) is 18.1 Å². The van der Waals surface area contributed by atoms with Crippen molar-refractivity contribution >= 4 is 40.9 Å². The Morgan fingerprint density at radius 1 is 1.34 bits per heavy atom. The van der Waals surface area contributed by atoms with Gasteiger partial charge in [-0.25, -0.2) is 0 Å². The van der Waals surface area contributed by atoms with Crippen molar-refractivity contribution in [3.05, 3.63) is 47.2 Å². The highest BCUT2D eigenvalue weighted by Crippen LogP contribution is 2.25. The molecular weight excluding hydrogens is 416 g/mol. The fourth-order valence-corrected chi connectivity index (χ4v) is 3.41. The maximum Gasteiger partial charge on any atom is 0.234 e. The van der Waals surface area contributed by atoms with Crippen LogP contribution in [0.15, 0.2) is 46.2 Å². The number of rotatable bonds is 8. The van der Waals surface area contributed by atoms with E-state index in [-0.39, 0.29) is 29.6 Å². The van der Waals surface area contributed by atoms with Crippen molar-refractivity contribution in [3.63, 3.8) is 0 Å². The molecule has 3 aromatic rings. The lowest BCUT2D eigenvalue weighted by atomic mass is 10.2. The van der Waals surface area contributed by atoms with E-state index in [1.54, 1.807) is 22.8 Å². The SMILES string of the molecule is N#Cc1ccc(NC(=O)CSc2nnc(-c3ccco3)n2CCC(N)=O)cc1Cl. The number of furan rings is 1. The first-order chi connectivity index (χ1) is 14.0. The Bertz CT molecular complexity index is 1070. The number of primary amides is 1. The Labute approximate surface area is 174 Å². The molecule has 3 N–H and O–H groups in total. The molecule has 2 heterocycles. The Hall–Kier alpha value is -3.29. The van der Waals surface area contributed by atoms with Crippen LogP contribution in [-0.4, -0.2) is 32.3 Å². The van der Waals surface area contributed by atoms with E-state index in [2.05, 4.69) is 15.5 Å². The summed E-state index contributed by atoms with van der Waals surface area (Å²) in [5.74, 6) is 0.226. The van der Waals surface area contributed by atoms with Gasteiger partial charge in [-0.05, 0) is 30.3 Å². The number of carbonyl (C=O) groups is 2. The minimum absolute atomic E-state index is 0.0461. The molecule has 1 aromatic carbocycles. The normalized spacial score (nSPS) is 10.5. The highest BCUT2D eigenvalue weighted by atomic mass is 35.5. The molecule has 0 aliphatic rings. The second-order valence-corrected chi connectivity index (χ2v) is 7.14. The van der Waals surface area contributed by atoms with Gasteiger partial charge < -0.3 is 15.5 Å². The third-order valence-electron chi connectivity index (χ3n) is 3.75. The summed E-state index contributed by atoms with van der Waals surface area (Å²) in [7, 11) is 0. The van der Waals surface area contributed by atoms with Crippen LogP contribution in [0.4, 0.5) is 5.69 Å².